The molecule has 11 nitrogen and oxygen atoms in total. The van der Waals surface area contributed by atoms with Crippen molar-refractivity contribution in [2.75, 3.05) is 39.5 Å². The summed E-state index contributed by atoms with van der Waals surface area (Å²) in [5, 5.41) is 22.6. The second-order valence-corrected chi connectivity index (χ2v) is 8.66. The van der Waals surface area contributed by atoms with Gasteiger partial charge in [0.25, 0.3) is 0 Å². The van der Waals surface area contributed by atoms with Gasteiger partial charge in [0.2, 0.25) is 11.8 Å². The van der Waals surface area contributed by atoms with Crippen LogP contribution in [0.1, 0.15) is 83.5 Å². The average molecular weight is 517 g/mol. The SMILES string of the molecule is O=CC(CCNC(=O)COCCOCCNC(=O)CCCCCCCCCCCCC(=O)O)C(=O)O. The van der Waals surface area contributed by atoms with Crippen molar-refractivity contribution in [1.82, 2.24) is 10.6 Å². The van der Waals surface area contributed by atoms with Gasteiger partial charge in [-0.3, -0.25) is 19.2 Å². The van der Waals surface area contributed by atoms with Crippen LogP contribution >= 0.6 is 0 Å². The number of rotatable bonds is 26. The molecule has 208 valence electrons. The minimum absolute atomic E-state index is 0.00704. The molecule has 1 atom stereocenters. The Bertz CT molecular complexity index is 629. The minimum atomic E-state index is -1.22. The van der Waals surface area contributed by atoms with Crippen LogP contribution in [-0.2, 0) is 33.4 Å². The highest BCUT2D eigenvalue weighted by Crippen LogP contribution is 2.12. The van der Waals surface area contributed by atoms with Crippen LogP contribution < -0.4 is 10.6 Å². The molecule has 11 heteroatoms. The third-order valence-corrected chi connectivity index (χ3v) is 5.48. The number of unbranched alkanes of at least 4 members (excludes halogenated alkanes) is 9. The van der Waals surface area contributed by atoms with Crippen LogP contribution in [0.4, 0.5) is 0 Å². The zero-order chi connectivity index (χ0) is 26.9. The fourth-order valence-corrected chi connectivity index (χ4v) is 3.38. The summed E-state index contributed by atoms with van der Waals surface area (Å²) < 4.78 is 10.5. The van der Waals surface area contributed by atoms with E-state index < -0.39 is 23.8 Å². The Balaban J connectivity index is 3.36. The van der Waals surface area contributed by atoms with Crippen molar-refractivity contribution in [3.63, 3.8) is 0 Å². The first-order valence-electron chi connectivity index (χ1n) is 13.0. The molecule has 4 N–H and O–H groups in total. The maximum Gasteiger partial charge on any atom is 0.313 e. The van der Waals surface area contributed by atoms with E-state index in [1.54, 1.807) is 0 Å². The highest BCUT2D eigenvalue weighted by atomic mass is 16.5. The fraction of sp³-hybridized carbons (Fsp3) is 0.800. The molecule has 0 aliphatic rings. The Kier molecular flexibility index (Phi) is 22.5. The largest absolute Gasteiger partial charge is 0.481 e. The molecule has 0 aliphatic heterocycles. The van der Waals surface area contributed by atoms with Crippen LogP contribution in [0, 0.1) is 5.92 Å². The van der Waals surface area contributed by atoms with Crippen molar-refractivity contribution in [3.8, 4) is 0 Å². The zero-order valence-corrected chi connectivity index (χ0v) is 21.3. The average Bonchev–Trinajstić information content (AvgIpc) is 2.83. The van der Waals surface area contributed by atoms with Gasteiger partial charge in [0.1, 0.15) is 18.8 Å². The maximum atomic E-state index is 11.8. The lowest BCUT2D eigenvalue weighted by molar-refractivity contribution is -0.144. The molecule has 0 bridgehead atoms. The van der Waals surface area contributed by atoms with Gasteiger partial charge in [0.05, 0.1) is 19.8 Å². The smallest absolute Gasteiger partial charge is 0.313 e. The van der Waals surface area contributed by atoms with E-state index in [1.165, 1.54) is 19.3 Å². The molecule has 0 aromatic rings. The number of aliphatic carboxylic acids is 2. The fourth-order valence-electron chi connectivity index (χ4n) is 3.38. The van der Waals surface area contributed by atoms with Gasteiger partial charge >= 0.3 is 11.9 Å². The topological polar surface area (TPSA) is 168 Å². The molecule has 36 heavy (non-hydrogen) atoms. The second kappa shape index (κ2) is 24.2. The summed E-state index contributed by atoms with van der Waals surface area (Å²) in [5.41, 5.74) is 0. The maximum absolute atomic E-state index is 11.8. The molecular formula is C25H44N2O9. The molecule has 0 aromatic carbocycles. The molecule has 2 amide bonds. The lowest BCUT2D eigenvalue weighted by atomic mass is 10.1. The number of carboxylic acid groups (broad SMARTS) is 2. The van der Waals surface area contributed by atoms with E-state index in [2.05, 4.69) is 10.6 Å². The summed E-state index contributed by atoms with van der Waals surface area (Å²) in [5.74, 6) is -3.46. The first-order chi connectivity index (χ1) is 17.4. The van der Waals surface area contributed by atoms with Gasteiger partial charge in [-0.1, -0.05) is 51.4 Å². The molecule has 1 unspecified atom stereocenters. The van der Waals surface area contributed by atoms with Crippen molar-refractivity contribution >= 4 is 30.0 Å². The summed E-state index contributed by atoms with van der Waals surface area (Å²) in [6.45, 7) is 1.13. The zero-order valence-electron chi connectivity index (χ0n) is 21.3. The van der Waals surface area contributed by atoms with E-state index >= 15 is 0 Å². The summed E-state index contributed by atoms with van der Waals surface area (Å²) in [4.78, 5) is 55.0. The first-order valence-corrected chi connectivity index (χ1v) is 13.0. The number of hydrogen-bond acceptors (Lipinski definition) is 7. The van der Waals surface area contributed by atoms with E-state index in [0.717, 1.165) is 44.9 Å². The molecule has 0 saturated carbocycles. The highest BCUT2D eigenvalue weighted by molar-refractivity contribution is 5.86. The second-order valence-electron chi connectivity index (χ2n) is 8.66. The van der Waals surface area contributed by atoms with Gasteiger partial charge in [0, 0.05) is 25.9 Å². The standard InChI is InChI=1S/C25H44N2O9/c28-19-21(25(33)34)13-14-26-23(30)20-36-18-17-35-16-15-27-22(29)11-9-7-5-3-1-2-4-6-8-10-12-24(31)32/h19,21H,1-18,20H2,(H,26,30)(H,27,29)(H,31,32)(H,33,34). The van der Waals surface area contributed by atoms with Gasteiger partial charge in [-0.2, -0.15) is 0 Å². The van der Waals surface area contributed by atoms with Gasteiger partial charge < -0.3 is 35.1 Å². The number of ether oxygens (including phenoxy) is 2. The summed E-state index contributed by atoms with van der Waals surface area (Å²) >= 11 is 0. The highest BCUT2D eigenvalue weighted by Gasteiger charge is 2.15. The lowest BCUT2D eigenvalue weighted by Crippen LogP contribution is -2.31. The predicted octanol–water partition coefficient (Wildman–Crippen LogP) is 2.31. The van der Waals surface area contributed by atoms with Crippen molar-refractivity contribution in [1.29, 1.82) is 0 Å². The Morgan fingerprint density at radius 1 is 0.667 bits per heavy atom. The Morgan fingerprint density at radius 2 is 1.19 bits per heavy atom. The minimum Gasteiger partial charge on any atom is -0.481 e. The van der Waals surface area contributed by atoms with Gasteiger partial charge in [-0.05, 0) is 19.3 Å². The summed E-state index contributed by atoms with van der Waals surface area (Å²) in [7, 11) is 0. The Morgan fingerprint density at radius 3 is 1.75 bits per heavy atom. The lowest BCUT2D eigenvalue weighted by Gasteiger charge is -2.09. The number of nitrogens with one attached hydrogen (secondary N) is 2. The van der Waals surface area contributed by atoms with Crippen LogP contribution in [0.15, 0.2) is 0 Å². The Hall–Kier alpha value is -2.53. The van der Waals surface area contributed by atoms with Crippen LogP contribution in [0.25, 0.3) is 0 Å². The number of carboxylic acids is 2. The van der Waals surface area contributed by atoms with E-state index in [0.29, 0.717) is 25.9 Å². The molecule has 0 aromatic heterocycles. The molecular weight excluding hydrogens is 472 g/mol. The predicted molar refractivity (Wildman–Crippen MR) is 133 cm³/mol. The molecule has 0 fully saturated rings. The van der Waals surface area contributed by atoms with E-state index in [-0.39, 0.29) is 45.1 Å². The monoisotopic (exact) mass is 516 g/mol. The van der Waals surface area contributed by atoms with Crippen LogP contribution in [0.5, 0.6) is 0 Å². The van der Waals surface area contributed by atoms with Crippen molar-refractivity contribution < 1.29 is 43.7 Å². The molecule has 0 rings (SSSR count). The quantitative estimate of drug-likeness (QED) is 0.0765. The van der Waals surface area contributed by atoms with E-state index in [4.69, 9.17) is 19.7 Å². The number of aldehydes is 1. The van der Waals surface area contributed by atoms with Gasteiger partial charge in [-0.25, -0.2) is 0 Å². The summed E-state index contributed by atoms with van der Waals surface area (Å²) in [6.07, 6.45) is 11.7. The van der Waals surface area contributed by atoms with E-state index in [9.17, 15) is 24.0 Å². The normalized spacial score (nSPS) is 11.6. The number of carbonyl (C=O) groups excluding carboxylic acids is 3. The number of carbonyl (C=O) groups is 5. The third kappa shape index (κ3) is 23.2. The number of hydrogen-bond donors (Lipinski definition) is 4. The van der Waals surface area contributed by atoms with Crippen molar-refractivity contribution in [3.05, 3.63) is 0 Å². The van der Waals surface area contributed by atoms with Crippen molar-refractivity contribution in [2.24, 2.45) is 5.92 Å². The molecule has 0 saturated heterocycles. The molecule has 0 radical (unpaired) electrons. The van der Waals surface area contributed by atoms with Crippen LogP contribution in [-0.4, -0.2) is 79.8 Å². The summed E-state index contributed by atoms with van der Waals surface area (Å²) in [6, 6.07) is 0. The molecule has 0 heterocycles. The third-order valence-electron chi connectivity index (χ3n) is 5.48. The molecule has 0 spiro atoms. The van der Waals surface area contributed by atoms with Crippen LogP contribution in [0.2, 0.25) is 0 Å². The van der Waals surface area contributed by atoms with Gasteiger partial charge in [0.15, 0.2) is 0 Å². The van der Waals surface area contributed by atoms with Crippen molar-refractivity contribution in [2.45, 2.75) is 83.5 Å². The Labute approximate surface area is 213 Å². The first kappa shape index (κ1) is 33.5. The number of amides is 2. The van der Waals surface area contributed by atoms with E-state index in [1.807, 2.05) is 0 Å². The van der Waals surface area contributed by atoms with Gasteiger partial charge in [-0.15, -0.1) is 0 Å². The van der Waals surface area contributed by atoms with Crippen LogP contribution in [0.3, 0.4) is 0 Å². The molecule has 0 aliphatic carbocycles.